The van der Waals surface area contributed by atoms with Gasteiger partial charge in [-0.25, -0.2) is 14.6 Å². The number of ether oxygens (including phenoxy) is 1. The average Bonchev–Trinajstić information content (AvgIpc) is 2.57. The average molecular weight is 384 g/mol. The highest BCUT2D eigenvalue weighted by Crippen LogP contribution is 2.21. The predicted octanol–water partition coefficient (Wildman–Crippen LogP) is 1.98. The summed E-state index contributed by atoms with van der Waals surface area (Å²) in [6.45, 7) is 3.30. The van der Waals surface area contributed by atoms with Gasteiger partial charge in [0.15, 0.2) is 0 Å². The highest BCUT2D eigenvalue weighted by molar-refractivity contribution is 6.31. The van der Waals surface area contributed by atoms with Gasteiger partial charge in [0.25, 0.3) is 5.91 Å². The Bertz CT molecular complexity index is 970. The number of nitrogens with zero attached hydrogens (tertiary/aromatic N) is 2. The maximum atomic E-state index is 13.7. The van der Waals surface area contributed by atoms with Crippen molar-refractivity contribution in [2.75, 3.05) is 6.61 Å². The molecular weight excluding hydrogens is 369 g/mol. The number of rotatable bonds is 5. The minimum absolute atomic E-state index is 0.118. The van der Waals surface area contributed by atoms with Gasteiger partial charge in [0.05, 0.1) is 17.1 Å². The second-order valence-corrected chi connectivity index (χ2v) is 5.59. The second kappa shape index (κ2) is 7.96. The summed E-state index contributed by atoms with van der Waals surface area (Å²) in [5.74, 6) is -2.73. The Morgan fingerprint density at radius 3 is 2.73 bits per heavy atom. The Hall–Kier alpha value is -2.94. The molecule has 0 fully saturated rings. The predicted molar refractivity (Wildman–Crippen MR) is 93.0 cm³/mol. The van der Waals surface area contributed by atoms with Crippen LogP contribution in [0.1, 0.15) is 24.2 Å². The van der Waals surface area contributed by atoms with Crippen LogP contribution >= 0.6 is 11.6 Å². The lowest BCUT2D eigenvalue weighted by atomic mass is 10.1. The first-order valence-electron chi connectivity index (χ1n) is 7.46. The maximum Gasteiger partial charge on any atom is 0.341 e. The monoisotopic (exact) mass is 383 g/mol. The summed E-state index contributed by atoms with van der Waals surface area (Å²) in [5.41, 5.74) is 0.891. The number of carbonyl (C=O) groups excluding carboxylic acids is 1. The number of carbonyl (C=O) groups is 2. The molecular formula is C16H15ClFN3O5. The molecule has 1 aromatic heterocycles. The van der Waals surface area contributed by atoms with E-state index in [1.807, 2.05) is 0 Å². The molecule has 0 aliphatic rings. The molecule has 0 bridgehead atoms. The van der Waals surface area contributed by atoms with Crippen molar-refractivity contribution in [3.63, 3.8) is 0 Å². The summed E-state index contributed by atoms with van der Waals surface area (Å²) in [6.07, 6.45) is 1.000. The molecule has 0 atom stereocenters. The fraction of sp³-hybridized carbons (Fsp3) is 0.250. The molecule has 26 heavy (non-hydrogen) atoms. The largest absolute Gasteiger partial charge is 0.480 e. The number of hydrazone groups is 1. The lowest BCUT2D eigenvalue weighted by Gasteiger charge is -2.12. The summed E-state index contributed by atoms with van der Waals surface area (Å²) >= 11 is 5.74. The number of hydrogen-bond donors (Lipinski definition) is 2. The van der Waals surface area contributed by atoms with Crippen LogP contribution in [0.15, 0.2) is 28.2 Å². The van der Waals surface area contributed by atoms with E-state index in [-0.39, 0.29) is 28.4 Å². The third-order valence-corrected chi connectivity index (χ3v) is 3.65. The molecule has 1 heterocycles. The van der Waals surface area contributed by atoms with Crippen molar-refractivity contribution in [2.45, 2.75) is 20.4 Å². The van der Waals surface area contributed by atoms with Crippen LogP contribution in [0.5, 0.6) is 0 Å². The van der Waals surface area contributed by atoms with Crippen molar-refractivity contribution in [3.8, 4) is 0 Å². The van der Waals surface area contributed by atoms with Crippen LogP contribution in [0.2, 0.25) is 5.02 Å². The molecule has 8 nitrogen and oxygen atoms in total. The van der Waals surface area contributed by atoms with Gasteiger partial charge in [-0.05, 0) is 19.1 Å². The van der Waals surface area contributed by atoms with Crippen molar-refractivity contribution in [2.24, 2.45) is 5.10 Å². The SMILES string of the molecule is CCO/C(C)=N/NC(=O)Cn1cc(C(=O)O)c(=O)c2cc(F)c(Cl)cc21. The number of hydrogen-bond acceptors (Lipinski definition) is 5. The van der Waals surface area contributed by atoms with Gasteiger partial charge in [-0.3, -0.25) is 9.59 Å². The Labute approximate surface area is 151 Å². The van der Waals surface area contributed by atoms with Gasteiger partial charge >= 0.3 is 5.97 Å². The van der Waals surface area contributed by atoms with E-state index in [0.29, 0.717) is 6.61 Å². The van der Waals surface area contributed by atoms with Crippen molar-refractivity contribution in [1.29, 1.82) is 0 Å². The minimum atomic E-state index is -1.49. The van der Waals surface area contributed by atoms with Crippen LogP contribution in [-0.2, 0) is 16.1 Å². The number of halogens is 2. The third kappa shape index (κ3) is 4.17. The van der Waals surface area contributed by atoms with Crippen LogP contribution in [0.3, 0.4) is 0 Å². The van der Waals surface area contributed by atoms with Gasteiger partial charge in [0.2, 0.25) is 11.3 Å². The number of aromatic carboxylic acids is 1. The molecule has 0 saturated heterocycles. The van der Waals surface area contributed by atoms with E-state index in [1.54, 1.807) is 13.8 Å². The number of pyridine rings is 1. The molecule has 1 amide bonds. The molecule has 0 unspecified atom stereocenters. The smallest absolute Gasteiger partial charge is 0.341 e. The fourth-order valence-electron chi connectivity index (χ4n) is 2.24. The van der Waals surface area contributed by atoms with Crippen LogP contribution < -0.4 is 10.9 Å². The molecule has 138 valence electrons. The highest BCUT2D eigenvalue weighted by Gasteiger charge is 2.17. The van der Waals surface area contributed by atoms with E-state index in [4.69, 9.17) is 16.3 Å². The summed E-state index contributed by atoms with van der Waals surface area (Å²) in [4.78, 5) is 35.5. The summed E-state index contributed by atoms with van der Waals surface area (Å²) in [5, 5.41) is 12.4. The number of aromatic nitrogens is 1. The topological polar surface area (TPSA) is 110 Å². The van der Waals surface area contributed by atoms with Gasteiger partial charge in [-0.15, -0.1) is 5.10 Å². The quantitative estimate of drug-likeness (QED) is 0.466. The first-order chi connectivity index (χ1) is 12.2. The summed E-state index contributed by atoms with van der Waals surface area (Å²) < 4.78 is 19.9. The lowest BCUT2D eigenvalue weighted by molar-refractivity contribution is -0.121. The number of benzene rings is 1. The Morgan fingerprint density at radius 2 is 2.12 bits per heavy atom. The molecule has 2 rings (SSSR count). The normalized spacial score (nSPS) is 11.5. The summed E-state index contributed by atoms with van der Waals surface area (Å²) in [7, 11) is 0. The number of fused-ring (bicyclic) bond motifs is 1. The molecule has 0 spiro atoms. The molecule has 1 aromatic carbocycles. The lowest BCUT2D eigenvalue weighted by Crippen LogP contribution is -2.27. The number of nitrogens with one attached hydrogen (secondary N) is 1. The van der Waals surface area contributed by atoms with Crippen LogP contribution in [0.25, 0.3) is 10.9 Å². The standard InChI is InChI=1S/C16H15ClFN3O5/c1-3-26-8(2)19-20-14(22)7-21-6-10(16(24)25)15(23)9-4-12(18)11(17)5-13(9)21/h4-6H,3,7H2,1-2H3,(H,20,22)(H,24,25)/b19-8+. The van der Waals surface area contributed by atoms with E-state index >= 15 is 0 Å². The van der Waals surface area contributed by atoms with E-state index < -0.39 is 28.7 Å². The first-order valence-corrected chi connectivity index (χ1v) is 7.83. The van der Waals surface area contributed by atoms with Crippen LogP contribution in [-0.4, -0.2) is 34.1 Å². The fourth-order valence-corrected chi connectivity index (χ4v) is 2.40. The van der Waals surface area contributed by atoms with Crippen LogP contribution in [0.4, 0.5) is 4.39 Å². The number of carboxylic acid groups (broad SMARTS) is 1. The van der Waals surface area contributed by atoms with Crippen LogP contribution in [0, 0.1) is 5.82 Å². The van der Waals surface area contributed by atoms with Crippen molar-refractivity contribution in [1.82, 2.24) is 9.99 Å². The highest BCUT2D eigenvalue weighted by atomic mass is 35.5. The third-order valence-electron chi connectivity index (χ3n) is 3.36. The second-order valence-electron chi connectivity index (χ2n) is 5.19. The number of carboxylic acids is 1. The van der Waals surface area contributed by atoms with Crippen molar-refractivity contribution >= 4 is 40.3 Å². The Morgan fingerprint density at radius 1 is 1.42 bits per heavy atom. The van der Waals surface area contributed by atoms with E-state index in [1.165, 1.54) is 4.57 Å². The van der Waals surface area contributed by atoms with Gasteiger partial charge in [-0.1, -0.05) is 11.6 Å². The molecule has 0 saturated carbocycles. The van der Waals surface area contributed by atoms with E-state index in [0.717, 1.165) is 18.3 Å². The molecule has 2 aromatic rings. The molecule has 0 radical (unpaired) electrons. The zero-order chi connectivity index (χ0) is 19.4. The Kier molecular flexibility index (Phi) is 5.93. The van der Waals surface area contributed by atoms with Gasteiger partial charge < -0.3 is 14.4 Å². The Balaban J connectivity index is 2.49. The minimum Gasteiger partial charge on any atom is -0.480 e. The van der Waals surface area contributed by atoms with Crippen molar-refractivity contribution in [3.05, 3.63) is 45.0 Å². The molecule has 0 aliphatic carbocycles. The van der Waals surface area contributed by atoms with Gasteiger partial charge in [0.1, 0.15) is 17.9 Å². The van der Waals surface area contributed by atoms with Gasteiger partial charge in [-0.2, -0.15) is 0 Å². The van der Waals surface area contributed by atoms with Crippen molar-refractivity contribution < 1.29 is 23.8 Å². The zero-order valence-corrected chi connectivity index (χ0v) is 14.6. The first kappa shape index (κ1) is 19.4. The van der Waals surface area contributed by atoms with E-state index in [2.05, 4.69) is 10.5 Å². The summed E-state index contributed by atoms with van der Waals surface area (Å²) in [6, 6.07) is 2.00. The van der Waals surface area contributed by atoms with Gasteiger partial charge in [0, 0.05) is 18.5 Å². The maximum absolute atomic E-state index is 13.7. The number of amides is 1. The molecule has 10 heteroatoms. The zero-order valence-electron chi connectivity index (χ0n) is 13.9. The molecule has 0 aliphatic heterocycles. The molecule has 2 N–H and O–H groups in total. The van der Waals surface area contributed by atoms with E-state index in [9.17, 15) is 23.9 Å².